The van der Waals surface area contributed by atoms with Crippen LogP contribution in [0.2, 0.25) is 0 Å². The Kier molecular flexibility index (Phi) is 6.88. The maximum absolute atomic E-state index is 8.66. The zero-order valence-corrected chi connectivity index (χ0v) is 13.7. The maximum Gasteiger partial charge on any atom is 0.0914 e. The van der Waals surface area contributed by atoms with Gasteiger partial charge in [0.25, 0.3) is 0 Å². The molecule has 2 rings (SSSR count). The lowest BCUT2D eigenvalue weighted by atomic mass is 9.97. The van der Waals surface area contributed by atoms with Crippen LogP contribution in [0.5, 0.6) is 0 Å². The molecule has 0 saturated carbocycles. The van der Waals surface area contributed by atoms with E-state index in [1.165, 1.54) is 42.4 Å². The molecule has 1 aromatic rings. The van der Waals surface area contributed by atoms with Gasteiger partial charge in [0.15, 0.2) is 0 Å². The van der Waals surface area contributed by atoms with Crippen molar-refractivity contribution in [1.29, 1.82) is 5.26 Å². The van der Waals surface area contributed by atoms with Gasteiger partial charge in [0.1, 0.15) is 0 Å². The third kappa shape index (κ3) is 5.96. The highest BCUT2D eigenvalue weighted by Gasteiger charge is 2.01. The zero-order chi connectivity index (χ0) is 16.3. The van der Waals surface area contributed by atoms with Gasteiger partial charge in [0.05, 0.1) is 6.07 Å². The van der Waals surface area contributed by atoms with Crippen LogP contribution in [0.1, 0.15) is 38.2 Å². The summed E-state index contributed by atoms with van der Waals surface area (Å²) in [5.41, 5.74) is 4.77. The first-order valence-corrected chi connectivity index (χ1v) is 8.17. The molecule has 0 heterocycles. The zero-order valence-electron chi connectivity index (χ0n) is 13.7. The average molecular weight is 301 g/mol. The summed E-state index contributed by atoms with van der Waals surface area (Å²) in [6, 6.07) is 12.4. The summed E-state index contributed by atoms with van der Waals surface area (Å²) < 4.78 is 0. The highest BCUT2D eigenvalue weighted by Crippen LogP contribution is 2.21. The predicted octanol–water partition coefficient (Wildman–Crippen LogP) is 6.15. The summed E-state index contributed by atoms with van der Waals surface area (Å²) >= 11 is 0. The van der Waals surface area contributed by atoms with Crippen molar-refractivity contribution in [3.63, 3.8) is 0 Å². The highest BCUT2D eigenvalue weighted by atomic mass is 14.2. The van der Waals surface area contributed by atoms with Crippen LogP contribution in [0, 0.1) is 11.3 Å². The Morgan fingerprint density at radius 1 is 1.13 bits per heavy atom. The van der Waals surface area contributed by atoms with Gasteiger partial charge in [0.2, 0.25) is 0 Å². The van der Waals surface area contributed by atoms with Gasteiger partial charge in [-0.05, 0) is 49.3 Å². The lowest BCUT2D eigenvalue weighted by molar-refractivity contribution is 0.712. The first-order valence-electron chi connectivity index (χ1n) is 8.17. The number of hydrogen-bond acceptors (Lipinski definition) is 1. The minimum Gasteiger partial charge on any atom is -0.193 e. The molecule has 0 fully saturated rings. The fourth-order valence-electron chi connectivity index (χ4n) is 2.54. The van der Waals surface area contributed by atoms with Crippen molar-refractivity contribution >= 4 is 5.57 Å². The molecule has 0 radical (unpaired) electrons. The van der Waals surface area contributed by atoms with Gasteiger partial charge in [-0.1, -0.05) is 72.4 Å². The molecule has 116 valence electrons. The molecule has 0 saturated heterocycles. The van der Waals surface area contributed by atoms with Crippen LogP contribution < -0.4 is 0 Å². The van der Waals surface area contributed by atoms with Gasteiger partial charge in [-0.2, -0.15) is 5.26 Å². The molecule has 1 nitrogen and oxygen atoms in total. The van der Waals surface area contributed by atoms with Gasteiger partial charge < -0.3 is 0 Å². The Balaban J connectivity index is 2.22. The van der Waals surface area contributed by atoms with E-state index >= 15 is 0 Å². The fraction of sp³-hybridized carbons (Fsp3) is 0.227. The van der Waals surface area contributed by atoms with E-state index in [1.54, 1.807) is 6.08 Å². The van der Waals surface area contributed by atoms with E-state index in [1.807, 2.05) is 25.1 Å². The Bertz CT molecular complexity index is 691. The second-order valence-corrected chi connectivity index (χ2v) is 5.72. The van der Waals surface area contributed by atoms with Crippen LogP contribution in [-0.4, -0.2) is 0 Å². The smallest absolute Gasteiger partial charge is 0.0914 e. The average Bonchev–Trinajstić information content (AvgIpc) is 2.60. The Hall–Kier alpha value is -2.59. The molecule has 23 heavy (non-hydrogen) atoms. The van der Waals surface area contributed by atoms with Crippen molar-refractivity contribution in [3.05, 3.63) is 89.6 Å². The number of benzene rings is 1. The molecular weight excluding hydrogens is 278 g/mol. The summed E-state index contributed by atoms with van der Waals surface area (Å²) in [5.74, 6) is 0. The molecule has 0 N–H and O–H groups in total. The topological polar surface area (TPSA) is 23.8 Å². The Morgan fingerprint density at radius 3 is 2.65 bits per heavy atom. The third-order valence-corrected chi connectivity index (χ3v) is 3.84. The molecule has 0 amide bonds. The largest absolute Gasteiger partial charge is 0.193 e. The van der Waals surface area contributed by atoms with Gasteiger partial charge in [-0.15, -0.1) is 0 Å². The molecule has 0 bridgehead atoms. The van der Waals surface area contributed by atoms with Gasteiger partial charge in [-0.25, -0.2) is 0 Å². The first-order chi connectivity index (χ1) is 11.3. The third-order valence-electron chi connectivity index (χ3n) is 3.84. The molecule has 0 aliphatic heterocycles. The fourth-order valence-corrected chi connectivity index (χ4v) is 2.54. The summed E-state index contributed by atoms with van der Waals surface area (Å²) in [7, 11) is 0. The van der Waals surface area contributed by atoms with Crippen LogP contribution in [-0.2, 0) is 0 Å². The standard InChI is InChI=1S/C22H23N/c1-19(17-18-23)9-8-14-22(21-12-6-3-7-13-21)16-15-20-10-4-2-5-11-20/h3,6-10,12-17H,2,4-5,11H2,1H3/b9-8+,16-15+,19-17+,22-14-. The maximum atomic E-state index is 8.66. The van der Waals surface area contributed by atoms with Gasteiger partial charge >= 0.3 is 0 Å². The van der Waals surface area contributed by atoms with Crippen LogP contribution in [0.4, 0.5) is 0 Å². The van der Waals surface area contributed by atoms with Crippen LogP contribution in [0.25, 0.3) is 5.57 Å². The second kappa shape index (κ2) is 9.43. The SMILES string of the molecule is CC(/C=C/C=C(/C=C/C1=CCCCC1)c1ccccc1)=C\C#N. The van der Waals surface area contributed by atoms with E-state index < -0.39 is 0 Å². The number of hydrogen-bond donors (Lipinski definition) is 0. The van der Waals surface area contributed by atoms with E-state index in [0.717, 1.165) is 5.57 Å². The molecule has 0 aromatic heterocycles. The monoisotopic (exact) mass is 301 g/mol. The molecule has 1 aromatic carbocycles. The Labute approximate surface area is 139 Å². The minimum atomic E-state index is 0.954. The van der Waals surface area contributed by atoms with Crippen LogP contribution >= 0.6 is 0 Å². The molecule has 1 aliphatic carbocycles. The molecule has 0 atom stereocenters. The lowest BCUT2D eigenvalue weighted by Crippen LogP contribution is -1.88. The van der Waals surface area contributed by atoms with E-state index in [0.29, 0.717) is 0 Å². The normalized spacial score (nSPS) is 16.6. The molecule has 0 spiro atoms. The summed E-state index contributed by atoms with van der Waals surface area (Å²) in [4.78, 5) is 0. The second-order valence-electron chi connectivity index (χ2n) is 5.72. The van der Waals surface area contributed by atoms with Crippen molar-refractivity contribution in [1.82, 2.24) is 0 Å². The molecular formula is C22H23N. The van der Waals surface area contributed by atoms with Crippen LogP contribution in [0.3, 0.4) is 0 Å². The van der Waals surface area contributed by atoms with Crippen molar-refractivity contribution in [2.75, 3.05) is 0 Å². The molecule has 1 aliphatic rings. The summed E-state index contributed by atoms with van der Waals surface area (Å²) in [6.45, 7) is 1.93. The van der Waals surface area contributed by atoms with Crippen molar-refractivity contribution in [2.24, 2.45) is 0 Å². The highest BCUT2D eigenvalue weighted by molar-refractivity contribution is 5.75. The number of rotatable bonds is 5. The lowest BCUT2D eigenvalue weighted by Gasteiger charge is -2.09. The minimum absolute atomic E-state index is 0.954. The van der Waals surface area contributed by atoms with Crippen molar-refractivity contribution in [2.45, 2.75) is 32.6 Å². The molecule has 0 unspecified atom stereocenters. The van der Waals surface area contributed by atoms with E-state index in [-0.39, 0.29) is 0 Å². The van der Waals surface area contributed by atoms with Gasteiger partial charge in [-0.3, -0.25) is 0 Å². The Morgan fingerprint density at radius 2 is 1.96 bits per heavy atom. The first kappa shape index (κ1) is 16.8. The molecule has 1 heteroatoms. The van der Waals surface area contributed by atoms with Crippen LogP contribution in [0.15, 0.2) is 84.0 Å². The number of nitrogens with zero attached hydrogens (tertiary/aromatic N) is 1. The predicted molar refractivity (Wildman–Crippen MR) is 98.6 cm³/mol. The van der Waals surface area contributed by atoms with Crippen molar-refractivity contribution in [3.8, 4) is 6.07 Å². The number of nitriles is 1. The van der Waals surface area contributed by atoms with E-state index in [4.69, 9.17) is 5.26 Å². The quantitative estimate of drug-likeness (QED) is 0.472. The summed E-state index contributed by atoms with van der Waals surface area (Å²) in [6.07, 6.45) is 19.4. The van der Waals surface area contributed by atoms with Gasteiger partial charge in [0, 0.05) is 6.08 Å². The van der Waals surface area contributed by atoms with E-state index in [2.05, 4.69) is 54.6 Å². The van der Waals surface area contributed by atoms with E-state index in [9.17, 15) is 0 Å². The van der Waals surface area contributed by atoms with Crippen molar-refractivity contribution < 1.29 is 0 Å². The summed E-state index contributed by atoms with van der Waals surface area (Å²) in [5, 5.41) is 8.66. The number of allylic oxidation sites excluding steroid dienone is 10.